The van der Waals surface area contributed by atoms with Crippen molar-refractivity contribution >= 4 is 11.6 Å². The van der Waals surface area contributed by atoms with Gasteiger partial charge in [0, 0.05) is 23.0 Å². The minimum atomic E-state index is -0.107. The molecule has 0 unspecified atom stereocenters. The maximum absolute atomic E-state index is 12.9. The fourth-order valence-corrected chi connectivity index (χ4v) is 4.36. The van der Waals surface area contributed by atoms with E-state index >= 15 is 0 Å². The van der Waals surface area contributed by atoms with Crippen molar-refractivity contribution in [3.05, 3.63) is 47.0 Å². The van der Waals surface area contributed by atoms with E-state index in [2.05, 4.69) is 6.08 Å². The van der Waals surface area contributed by atoms with Crippen LogP contribution in [0, 0.1) is 17.8 Å². The van der Waals surface area contributed by atoms with E-state index in [0.717, 1.165) is 19.3 Å². The topological polar surface area (TPSA) is 34.1 Å². The highest BCUT2D eigenvalue weighted by Gasteiger charge is 2.47. The van der Waals surface area contributed by atoms with Gasteiger partial charge in [-0.2, -0.15) is 0 Å². The Morgan fingerprint density at radius 1 is 0.900 bits per heavy atom. The first-order valence-corrected chi connectivity index (χ1v) is 7.64. The molecule has 0 bridgehead atoms. The zero-order valence-corrected chi connectivity index (χ0v) is 11.5. The summed E-state index contributed by atoms with van der Waals surface area (Å²) in [7, 11) is 0. The monoisotopic (exact) mass is 266 g/mol. The number of rotatable bonds is 0. The third kappa shape index (κ3) is 1.57. The van der Waals surface area contributed by atoms with Crippen LogP contribution < -0.4 is 0 Å². The summed E-state index contributed by atoms with van der Waals surface area (Å²) >= 11 is 0. The second-order valence-corrected chi connectivity index (χ2v) is 6.27. The van der Waals surface area contributed by atoms with E-state index in [1.54, 1.807) is 0 Å². The van der Waals surface area contributed by atoms with Gasteiger partial charge in [-0.1, -0.05) is 42.3 Å². The summed E-state index contributed by atoms with van der Waals surface area (Å²) in [5, 5.41) is 0. The Balaban J connectivity index is 1.83. The Labute approximate surface area is 118 Å². The molecular formula is C18H18O2. The fourth-order valence-electron chi connectivity index (χ4n) is 4.36. The van der Waals surface area contributed by atoms with Gasteiger partial charge in [0.25, 0.3) is 0 Å². The second-order valence-electron chi connectivity index (χ2n) is 6.27. The van der Waals surface area contributed by atoms with Crippen molar-refractivity contribution in [3.8, 4) is 0 Å². The largest absolute Gasteiger partial charge is 0.294 e. The van der Waals surface area contributed by atoms with Crippen LogP contribution in [0.2, 0.25) is 0 Å². The van der Waals surface area contributed by atoms with Gasteiger partial charge in [0.2, 0.25) is 0 Å². The van der Waals surface area contributed by atoms with Gasteiger partial charge in [0.15, 0.2) is 11.6 Å². The van der Waals surface area contributed by atoms with Crippen molar-refractivity contribution in [2.75, 3.05) is 0 Å². The van der Waals surface area contributed by atoms with Crippen LogP contribution in [0.1, 0.15) is 52.8 Å². The van der Waals surface area contributed by atoms with E-state index in [-0.39, 0.29) is 23.4 Å². The Morgan fingerprint density at radius 3 is 2.45 bits per heavy atom. The van der Waals surface area contributed by atoms with Gasteiger partial charge in [0.05, 0.1) is 0 Å². The van der Waals surface area contributed by atoms with Crippen LogP contribution in [0.5, 0.6) is 0 Å². The quantitative estimate of drug-likeness (QED) is 0.669. The number of carbonyl (C=O) groups excluding carboxylic acids is 2. The molecule has 1 saturated carbocycles. The van der Waals surface area contributed by atoms with Crippen LogP contribution in [0.3, 0.4) is 0 Å². The lowest BCUT2D eigenvalue weighted by molar-refractivity contribution is 0.0651. The van der Waals surface area contributed by atoms with Gasteiger partial charge in [-0.3, -0.25) is 9.59 Å². The third-order valence-corrected chi connectivity index (χ3v) is 5.31. The van der Waals surface area contributed by atoms with E-state index in [0.29, 0.717) is 17.0 Å². The molecule has 3 atom stereocenters. The summed E-state index contributed by atoms with van der Waals surface area (Å²) < 4.78 is 0. The molecule has 4 rings (SSSR count). The molecule has 0 aliphatic heterocycles. The molecule has 0 N–H and O–H groups in total. The van der Waals surface area contributed by atoms with Crippen LogP contribution >= 0.6 is 0 Å². The predicted molar refractivity (Wildman–Crippen MR) is 76.7 cm³/mol. The summed E-state index contributed by atoms with van der Waals surface area (Å²) in [4.78, 5) is 25.6. The Hall–Kier alpha value is -1.70. The lowest BCUT2D eigenvalue weighted by atomic mass is 9.60. The molecule has 0 heterocycles. The molecule has 1 aromatic rings. The number of Topliss-reactive ketones (excluding diaryl/α,β-unsaturated/α-hetero) is 2. The number of carbonyl (C=O) groups is 2. The molecule has 2 heteroatoms. The molecule has 3 aliphatic rings. The van der Waals surface area contributed by atoms with Crippen LogP contribution in [0.15, 0.2) is 35.9 Å². The van der Waals surface area contributed by atoms with Gasteiger partial charge < -0.3 is 0 Å². The number of fused-ring (bicyclic) bond motifs is 4. The van der Waals surface area contributed by atoms with Crippen molar-refractivity contribution < 1.29 is 9.59 Å². The molecule has 0 saturated heterocycles. The smallest absolute Gasteiger partial charge is 0.168 e. The number of benzene rings is 1. The molecule has 0 radical (unpaired) electrons. The van der Waals surface area contributed by atoms with E-state index in [1.165, 1.54) is 18.4 Å². The first kappa shape index (κ1) is 12.1. The van der Waals surface area contributed by atoms with Crippen molar-refractivity contribution in [2.45, 2.75) is 32.1 Å². The molecule has 102 valence electrons. The van der Waals surface area contributed by atoms with Crippen LogP contribution in [-0.2, 0) is 0 Å². The maximum Gasteiger partial charge on any atom is 0.168 e. The van der Waals surface area contributed by atoms with E-state index in [9.17, 15) is 9.59 Å². The van der Waals surface area contributed by atoms with Gasteiger partial charge >= 0.3 is 0 Å². The molecule has 1 aromatic carbocycles. The second kappa shape index (κ2) is 4.41. The van der Waals surface area contributed by atoms with Crippen LogP contribution in [-0.4, -0.2) is 11.6 Å². The Kier molecular flexibility index (Phi) is 2.66. The summed E-state index contributed by atoms with van der Waals surface area (Å²) in [6.07, 6.45) is 7.64. The normalized spacial score (nSPS) is 32.0. The number of allylic oxidation sites excluding steroid dienone is 2. The van der Waals surface area contributed by atoms with Crippen molar-refractivity contribution in [3.63, 3.8) is 0 Å². The highest BCUT2D eigenvalue weighted by molar-refractivity contribution is 6.16. The van der Waals surface area contributed by atoms with E-state index in [4.69, 9.17) is 0 Å². The molecule has 3 aliphatic carbocycles. The molecule has 0 aromatic heterocycles. The van der Waals surface area contributed by atoms with Gasteiger partial charge in [-0.25, -0.2) is 0 Å². The highest BCUT2D eigenvalue weighted by atomic mass is 16.1. The molecule has 0 spiro atoms. The number of ketones is 2. The fraction of sp³-hybridized carbons (Fsp3) is 0.444. The molecule has 20 heavy (non-hydrogen) atoms. The minimum Gasteiger partial charge on any atom is -0.294 e. The molecule has 0 amide bonds. The van der Waals surface area contributed by atoms with E-state index in [1.807, 2.05) is 24.3 Å². The van der Waals surface area contributed by atoms with Gasteiger partial charge in [-0.05, 0) is 31.6 Å². The molecule has 2 nitrogen and oxygen atoms in total. The number of hydrogen-bond acceptors (Lipinski definition) is 2. The van der Waals surface area contributed by atoms with Crippen LogP contribution in [0.4, 0.5) is 0 Å². The van der Waals surface area contributed by atoms with Crippen molar-refractivity contribution in [1.29, 1.82) is 0 Å². The van der Waals surface area contributed by atoms with Crippen molar-refractivity contribution in [2.24, 2.45) is 17.8 Å². The van der Waals surface area contributed by atoms with E-state index < -0.39 is 0 Å². The summed E-state index contributed by atoms with van der Waals surface area (Å²) in [5.41, 5.74) is 2.75. The lowest BCUT2D eigenvalue weighted by Crippen LogP contribution is -2.43. The lowest BCUT2D eigenvalue weighted by Gasteiger charge is -2.42. The first-order chi connectivity index (χ1) is 9.77. The standard InChI is InChI=1S/C18H18O2/c19-17-13-7-3-4-8-14(13)18(20)16-12-6-2-1-5-11(12)9-10-15(16)17/h3-4,7-9,12,15-16H,1-2,5-6,10H2/t12-,15+,16+/m1/s1. The third-order valence-electron chi connectivity index (χ3n) is 5.31. The minimum absolute atomic E-state index is 0.0855. The summed E-state index contributed by atoms with van der Waals surface area (Å²) in [6, 6.07) is 7.36. The summed E-state index contributed by atoms with van der Waals surface area (Å²) in [6.45, 7) is 0. The zero-order valence-electron chi connectivity index (χ0n) is 11.5. The Morgan fingerprint density at radius 2 is 1.65 bits per heavy atom. The highest BCUT2D eigenvalue weighted by Crippen LogP contribution is 2.47. The van der Waals surface area contributed by atoms with Crippen LogP contribution in [0.25, 0.3) is 0 Å². The first-order valence-electron chi connectivity index (χ1n) is 7.64. The maximum atomic E-state index is 12.9. The Bertz CT molecular complexity index is 626. The molecule has 1 fully saturated rings. The SMILES string of the molecule is O=C1c2ccccc2C(=O)[C@H]2CC=C3CCCC[C@H]3[C@H]12. The van der Waals surface area contributed by atoms with Gasteiger partial charge in [0.1, 0.15) is 0 Å². The molecular weight excluding hydrogens is 248 g/mol. The summed E-state index contributed by atoms with van der Waals surface area (Å²) in [5.74, 6) is 0.531. The predicted octanol–water partition coefficient (Wildman–Crippen LogP) is 3.82. The average Bonchev–Trinajstić information content (AvgIpc) is 2.51. The average molecular weight is 266 g/mol. The van der Waals surface area contributed by atoms with Gasteiger partial charge in [-0.15, -0.1) is 0 Å². The van der Waals surface area contributed by atoms with Crippen molar-refractivity contribution in [1.82, 2.24) is 0 Å². The number of hydrogen-bond donors (Lipinski definition) is 0. The zero-order chi connectivity index (χ0) is 13.7.